The first-order valence-electron chi connectivity index (χ1n) is 7.83. The van der Waals surface area contributed by atoms with Gasteiger partial charge in [0.25, 0.3) is 11.8 Å². The van der Waals surface area contributed by atoms with Crippen LogP contribution < -0.4 is 10.6 Å². The van der Waals surface area contributed by atoms with Crippen LogP contribution in [0.5, 0.6) is 0 Å². The quantitative estimate of drug-likeness (QED) is 0.623. The van der Waals surface area contributed by atoms with Crippen LogP contribution in [0.4, 0.5) is 11.4 Å². The highest BCUT2D eigenvalue weighted by Crippen LogP contribution is 2.16. The first-order chi connectivity index (χ1) is 12.8. The van der Waals surface area contributed by atoms with Gasteiger partial charge in [-0.05, 0) is 30.3 Å². The molecule has 10 heteroatoms. The average Bonchev–Trinajstić information content (AvgIpc) is 3.22. The first-order valence-corrected chi connectivity index (χ1v) is 7.83. The Labute approximate surface area is 153 Å². The zero-order valence-corrected chi connectivity index (χ0v) is 14.5. The number of amides is 2. The topological polar surface area (TPSA) is 131 Å². The van der Waals surface area contributed by atoms with Gasteiger partial charge in [0.15, 0.2) is 5.69 Å². The van der Waals surface area contributed by atoms with Crippen molar-refractivity contribution in [1.29, 1.82) is 0 Å². The number of carbonyl (C=O) groups is 3. The lowest BCUT2D eigenvalue weighted by atomic mass is 10.2. The van der Waals surface area contributed by atoms with Crippen LogP contribution in [0.2, 0.25) is 0 Å². The van der Waals surface area contributed by atoms with Crippen molar-refractivity contribution in [3.05, 3.63) is 59.7 Å². The van der Waals surface area contributed by atoms with Gasteiger partial charge in [0.05, 0.1) is 6.20 Å². The van der Waals surface area contributed by atoms with Crippen molar-refractivity contribution in [1.82, 2.24) is 19.6 Å². The summed E-state index contributed by atoms with van der Waals surface area (Å²) < 4.78 is 2.72. The number of anilines is 2. The number of rotatable bonds is 5. The van der Waals surface area contributed by atoms with E-state index < -0.39 is 11.9 Å². The lowest BCUT2D eigenvalue weighted by Crippen LogP contribution is -2.19. The van der Waals surface area contributed by atoms with Gasteiger partial charge in [-0.25, -0.2) is 4.79 Å². The molecule has 0 saturated heterocycles. The molecule has 2 aromatic heterocycles. The summed E-state index contributed by atoms with van der Waals surface area (Å²) in [5, 5.41) is 22.2. The number of carboxylic acids is 1. The molecule has 3 aromatic rings. The molecule has 27 heavy (non-hydrogen) atoms. The number of carboxylic acid groups (broad SMARTS) is 1. The Morgan fingerprint density at radius 2 is 1.56 bits per heavy atom. The molecule has 0 aliphatic carbocycles. The van der Waals surface area contributed by atoms with E-state index in [1.54, 1.807) is 43.6 Å². The van der Waals surface area contributed by atoms with Crippen LogP contribution in [0.25, 0.3) is 0 Å². The number of nitrogens with zero attached hydrogens (tertiary/aromatic N) is 4. The molecule has 2 heterocycles. The Kier molecular flexibility index (Phi) is 4.71. The fourth-order valence-corrected chi connectivity index (χ4v) is 2.42. The molecule has 0 aliphatic heterocycles. The standard InChI is InChI=1S/C17H16N6O4/c1-22-8-7-13(21-22)15(24)19-10-3-5-11(6-4-10)20-16(25)14-12(17(26)27)9-18-23(14)2/h3-9H,1-2H3,(H,19,24)(H,20,25)(H,26,27). The summed E-state index contributed by atoms with van der Waals surface area (Å²) in [5.41, 5.74) is 1.00. The second-order valence-corrected chi connectivity index (χ2v) is 5.70. The fraction of sp³-hybridized carbons (Fsp3) is 0.118. The van der Waals surface area contributed by atoms with Crippen molar-refractivity contribution >= 4 is 29.2 Å². The molecule has 0 fully saturated rings. The van der Waals surface area contributed by atoms with E-state index in [1.165, 1.54) is 16.4 Å². The second kappa shape index (κ2) is 7.12. The molecule has 3 rings (SSSR count). The molecule has 0 bridgehead atoms. The minimum Gasteiger partial charge on any atom is -0.478 e. The minimum absolute atomic E-state index is 0.0602. The lowest BCUT2D eigenvalue weighted by molar-refractivity contribution is 0.0692. The largest absolute Gasteiger partial charge is 0.478 e. The number of aromatic nitrogens is 4. The summed E-state index contributed by atoms with van der Waals surface area (Å²) in [6.45, 7) is 0. The van der Waals surface area contributed by atoms with Gasteiger partial charge in [0, 0.05) is 31.7 Å². The van der Waals surface area contributed by atoms with E-state index in [4.69, 9.17) is 5.11 Å². The molecule has 10 nitrogen and oxygen atoms in total. The van der Waals surface area contributed by atoms with Crippen LogP contribution in [0.15, 0.2) is 42.7 Å². The van der Waals surface area contributed by atoms with Crippen LogP contribution in [0.3, 0.4) is 0 Å². The van der Waals surface area contributed by atoms with Gasteiger partial charge in [0.2, 0.25) is 0 Å². The summed E-state index contributed by atoms with van der Waals surface area (Å²) in [6.07, 6.45) is 2.78. The molecule has 0 spiro atoms. The fourth-order valence-electron chi connectivity index (χ4n) is 2.42. The Balaban J connectivity index is 1.69. The van der Waals surface area contributed by atoms with Crippen LogP contribution in [0, 0.1) is 0 Å². The Hall–Kier alpha value is -3.95. The normalized spacial score (nSPS) is 10.4. The molecule has 0 radical (unpaired) electrons. The monoisotopic (exact) mass is 368 g/mol. The van der Waals surface area contributed by atoms with Gasteiger partial charge >= 0.3 is 5.97 Å². The number of carbonyl (C=O) groups excluding carboxylic acids is 2. The maximum Gasteiger partial charge on any atom is 0.339 e. The van der Waals surface area contributed by atoms with Crippen molar-refractivity contribution in [3.8, 4) is 0 Å². The van der Waals surface area contributed by atoms with E-state index in [9.17, 15) is 14.4 Å². The molecule has 2 amide bonds. The molecule has 1 aromatic carbocycles. The van der Waals surface area contributed by atoms with Crippen molar-refractivity contribution in [3.63, 3.8) is 0 Å². The molecular weight excluding hydrogens is 352 g/mol. The third kappa shape index (κ3) is 3.84. The van der Waals surface area contributed by atoms with E-state index in [0.29, 0.717) is 11.4 Å². The SMILES string of the molecule is Cn1ccc(C(=O)Nc2ccc(NC(=O)c3c(C(=O)O)cnn3C)cc2)n1. The van der Waals surface area contributed by atoms with Crippen LogP contribution in [-0.4, -0.2) is 42.5 Å². The summed E-state index contributed by atoms with van der Waals surface area (Å²) in [7, 11) is 3.20. The number of nitrogens with one attached hydrogen (secondary N) is 2. The highest BCUT2D eigenvalue weighted by atomic mass is 16.4. The minimum atomic E-state index is -1.24. The van der Waals surface area contributed by atoms with Crippen LogP contribution in [0.1, 0.15) is 31.3 Å². The summed E-state index contributed by atoms with van der Waals surface area (Å²) in [4.78, 5) is 35.6. The van der Waals surface area contributed by atoms with Crippen molar-refractivity contribution in [2.24, 2.45) is 14.1 Å². The van der Waals surface area contributed by atoms with E-state index in [-0.39, 0.29) is 22.9 Å². The summed E-state index contributed by atoms with van der Waals surface area (Å²) >= 11 is 0. The van der Waals surface area contributed by atoms with Gasteiger partial charge in [-0.1, -0.05) is 0 Å². The smallest absolute Gasteiger partial charge is 0.339 e. The zero-order chi connectivity index (χ0) is 19.6. The van der Waals surface area contributed by atoms with Crippen molar-refractivity contribution < 1.29 is 19.5 Å². The van der Waals surface area contributed by atoms with Crippen molar-refractivity contribution in [2.45, 2.75) is 0 Å². The Bertz CT molecular complexity index is 1020. The number of aryl methyl sites for hydroxylation is 2. The predicted molar refractivity (Wildman–Crippen MR) is 95.7 cm³/mol. The Morgan fingerprint density at radius 3 is 2.07 bits per heavy atom. The lowest BCUT2D eigenvalue weighted by Gasteiger charge is -2.08. The molecule has 0 saturated carbocycles. The maximum atomic E-state index is 12.4. The number of benzene rings is 1. The van der Waals surface area contributed by atoms with Crippen LogP contribution in [-0.2, 0) is 14.1 Å². The molecule has 0 atom stereocenters. The van der Waals surface area contributed by atoms with E-state index in [0.717, 1.165) is 6.20 Å². The number of hydrogen-bond acceptors (Lipinski definition) is 5. The van der Waals surface area contributed by atoms with Crippen LogP contribution >= 0.6 is 0 Å². The molecule has 0 unspecified atom stereocenters. The average molecular weight is 368 g/mol. The van der Waals surface area contributed by atoms with Gasteiger partial charge in [0.1, 0.15) is 11.3 Å². The first kappa shape index (κ1) is 17.9. The third-order valence-corrected chi connectivity index (χ3v) is 3.73. The summed E-state index contributed by atoms with van der Waals surface area (Å²) in [5.74, 6) is -2.19. The van der Waals surface area contributed by atoms with Gasteiger partial charge in [-0.15, -0.1) is 0 Å². The summed E-state index contributed by atoms with van der Waals surface area (Å²) in [6, 6.07) is 7.99. The van der Waals surface area contributed by atoms with E-state index in [2.05, 4.69) is 20.8 Å². The molecule has 0 aliphatic rings. The van der Waals surface area contributed by atoms with E-state index >= 15 is 0 Å². The second-order valence-electron chi connectivity index (χ2n) is 5.70. The highest BCUT2D eigenvalue weighted by molar-refractivity contribution is 6.09. The number of hydrogen-bond donors (Lipinski definition) is 3. The zero-order valence-electron chi connectivity index (χ0n) is 14.5. The van der Waals surface area contributed by atoms with E-state index in [1.807, 2.05) is 0 Å². The highest BCUT2D eigenvalue weighted by Gasteiger charge is 2.21. The van der Waals surface area contributed by atoms with Gasteiger partial charge < -0.3 is 15.7 Å². The maximum absolute atomic E-state index is 12.4. The van der Waals surface area contributed by atoms with Gasteiger partial charge in [-0.3, -0.25) is 19.0 Å². The third-order valence-electron chi connectivity index (χ3n) is 3.73. The molecular formula is C17H16N6O4. The molecule has 138 valence electrons. The Morgan fingerprint density at radius 1 is 0.963 bits per heavy atom. The van der Waals surface area contributed by atoms with Gasteiger partial charge in [-0.2, -0.15) is 10.2 Å². The number of aromatic carboxylic acids is 1. The predicted octanol–water partition coefficient (Wildman–Crippen LogP) is 1.36. The molecule has 3 N–H and O–H groups in total. The van der Waals surface area contributed by atoms with Crippen molar-refractivity contribution in [2.75, 3.05) is 10.6 Å².